The van der Waals surface area contributed by atoms with Crippen LogP contribution in [0.2, 0.25) is 0 Å². The van der Waals surface area contributed by atoms with Gasteiger partial charge < -0.3 is 0 Å². The fraction of sp³-hybridized carbons (Fsp3) is 0.0833. The van der Waals surface area contributed by atoms with Crippen LogP contribution in [0, 0.1) is 5.82 Å². The van der Waals surface area contributed by atoms with Crippen LogP contribution < -0.4 is 11.3 Å². The Kier molecular flexibility index (Phi) is 4.45. The molecule has 1 atom stereocenters. The molecule has 0 spiro atoms. The fourth-order valence-electron chi connectivity index (χ4n) is 1.70. The van der Waals surface area contributed by atoms with E-state index in [9.17, 15) is 4.39 Å². The van der Waals surface area contributed by atoms with Crippen LogP contribution in [0.15, 0.2) is 45.6 Å². The summed E-state index contributed by atoms with van der Waals surface area (Å²) in [5.41, 5.74) is 3.93. The van der Waals surface area contributed by atoms with Crippen molar-refractivity contribution in [3.63, 3.8) is 0 Å². The third kappa shape index (κ3) is 2.77. The molecular formula is C12H10Br2FN3. The molecule has 94 valence electrons. The van der Waals surface area contributed by atoms with Crippen molar-refractivity contribution in [2.24, 2.45) is 5.84 Å². The molecule has 0 aliphatic heterocycles. The molecule has 0 radical (unpaired) electrons. The van der Waals surface area contributed by atoms with Gasteiger partial charge in [0.2, 0.25) is 0 Å². The highest BCUT2D eigenvalue weighted by Crippen LogP contribution is 2.31. The quantitative estimate of drug-likeness (QED) is 0.640. The third-order valence-corrected chi connectivity index (χ3v) is 3.73. The van der Waals surface area contributed by atoms with Crippen LogP contribution in [-0.2, 0) is 0 Å². The molecule has 2 rings (SSSR count). The summed E-state index contributed by atoms with van der Waals surface area (Å²) in [4.78, 5) is 3.73. The maximum atomic E-state index is 13.7. The molecule has 18 heavy (non-hydrogen) atoms. The second-order valence-electron chi connectivity index (χ2n) is 3.66. The second-order valence-corrected chi connectivity index (χ2v) is 5.43. The van der Waals surface area contributed by atoms with Crippen LogP contribution in [0.4, 0.5) is 4.39 Å². The zero-order valence-electron chi connectivity index (χ0n) is 9.20. The lowest BCUT2D eigenvalue weighted by atomic mass is 10.00. The Balaban J connectivity index is 2.49. The van der Waals surface area contributed by atoms with E-state index >= 15 is 0 Å². The largest absolute Gasteiger partial charge is 0.271 e. The number of halogens is 3. The minimum atomic E-state index is -0.435. The van der Waals surface area contributed by atoms with Crippen molar-refractivity contribution >= 4 is 31.9 Å². The van der Waals surface area contributed by atoms with Crippen molar-refractivity contribution in [2.75, 3.05) is 0 Å². The molecule has 2 aromatic rings. The average Bonchev–Trinajstić information content (AvgIpc) is 2.34. The van der Waals surface area contributed by atoms with Gasteiger partial charge in [-0.15, -0.1) is 0 Å². The minimum absolute atomic E-state index is 0.393. The van der Waals surface area contributed by atoms with E-state index < -0.39 is 11.9 Å². The number of hydrogen-bond donors (Lipinski definition) is 2. The number of hydrazine groups is 1. The van der Waals surface area contributed by atoms with E-state index in [1.807, 2.05) is 18.2 Å². The molecule has 0 aliphatic rings. The summed E-state index contributed by atoms with van der Waals surface area (Å²) in [7, 11) is 0. The lowest BCUT2D eigenvalue weighted by molar-refractivity contribution is 0.554. The van der Waals surface area contributed by atoms with Gasteiger partial charge >= 0.3 is 0 Å². The monoisotopic (exact) mass is 373 g/mol. The Labute approximate surface area is 121 Å². The van der Waals surface area contributed by atoms with E-state index in [0.29, 0.717) is 5.56 Å². The molecule has 0 bridgehead atoms. The Morgan fingerprint density at radius 3 is 2.61 bits per heavy atom. The molecule has 0 fully saturated rings. The van der Waals surface area contributed by atoms with Gasteiger partial charge in [0.1, 0.15) is 5.82 Å². The topological polar surface area (TPSA) is 50.9 Å². The molecule has 1 unspecified atom stereocenters. The van der Waals surface area contributed by atoms with Gasteiger partial charge in [-0.25, -0.2) is 9.82 Å². The molecule has 1 aromatic heterocycles. The van der Waals surface area contributed by atoms with Gasteiger partial charge in [-0.3, -0.25) is 10.8 Å². The molecule has 0 amide bonds. The Hall–Kier alpha value is -0.820. The van der Waals surface area contributed by atoms with E-state index in [4.69, 9.17) is 5.84 Å². The Morgan fingerprint density at radius 1 is 1.22 bits per heavy atom. The predicted octanol–water partition coefficient (Wildman–Crippen LogP) is 3.30. The zero-order valence-corrected chi connectivity index (χ0v) is 12.4. The van der Waals surface area contributed by atoms with Gasteiger partial charge in [0.05, 0.1) is 12.2 Å². The van der Waals surface area contributed by atoms with E-state index in [-0.39, 0.29) is 0 Å². The van der Waals surface area contributed by atoms with E-state index in [2.05, 4.69) is 42.3 Å². The van der Waals surface area contributed by atoms with Gasteiger partial charge in [0.15, 0.2) is 0 Å². The van der Waals surface area contributed by atoms with Crippen molar-refractivity contribution in [1.29, 1.82) is 0 Å². The maximum absolute atomic E-state index is 13.7. The summed E-state index contributed by atoms with van der Waals surface area (Å²) >= 11 is 6.82. The number of nitrogens with two attached hydrogens (primary N) is 1. The van der Waals surface area contributed by atoms with Crippen molar-refractivity contribution < 1.29 is 4.39 Å². The van der Waals surface area contributed by atoms with Gasteiger partial charge in [-0.2, -0.15) is 0 Å². The van der Waals surface area contributed by atoms with Crippen molar-refractivity contribution in [1.82, 2.24) is 10.4 Å². The highest BCUT2D eigenvalue weighted by Gasteiger charge is 2.18. The Morgan fingerprint density at radius 2 is 2.00 bits per heavy atom. The summed E-state index contributed by atoms with van der Waals surface area (Å²) in [5.74, 6) is 5.15. The van der Waals surface area contributed by atoms with Gasteiger partial charge in [-0.1, -0.05) is 37.9 Å². The van der Waals surface area contributed by atoms with Gasteiger partial charge in [0, 0.05) is 20.7 Å². The summed E-state index contributed by atoms with van der Waals surface area (Å²) in [6.45, 7) is 0. The van der Waals surface area contributed by atoms with E-state index in [1.165, 1.54) is 12.4 Å². The normalized spacial score (nSPS) is 12.4. The van der Waals surface area contributed by atoms with Crippen LogP contribution >= 0.6 is 31.9 Å². The van der Waals surface area contributed by atoms with Crippen LogP contribution in [0.1, 0.15) is 17.2 Å². The highest BCUT2D eigenvalue weighted by molar-refractivity contribution is 9.11. The number of nitrogens with zero attached hydrogens (tertiary/aromatic N) is 1. The number of aromatic nitrogens is 1. The highest BCUT2D eigenvalue weighted by atomic mass is 79.9. The lowest BCUT2D eigenvalue weighted by Gasteiger charge is -2.18. The first-order valence-electron chi connectivity index (χ1n) is 5.14. The molecule has 0 saturated heterocycles. The minimum Gasteiger partial charge on any atom is -0.271 e. The molecule has 3 N–H and O–H groups in total. The van der Waals surface area contributed by atoms with Crippen LogP contribution in [-0.4, -0.2) is 4.98 Å². The van der Waals surface area contributed by atoms with Crippen molar-refractivity contribution in [2.45, 2.75) is 6.04 Å². The fourth-order valence-corrected chi connectivity index (χ4v) is 2.98. The number of nitrogens with one attached hydrogen (secondary N) is 1. The van der Waals surface area contributed by atoms with Crippen LogP contribution in [0.3, 0.4) is 0 Å². The zero-order chi connectivity index (χ0) is 13.1. The predicted molar refractivity (Wildman–Crippen MR) is 75.2 cm³/mol. The molecule has 0 saturated carbocycles. The molecule has 6 heteroatoms. The second kappa shape index (κ2) is 5.88. The number of hydrogen-bond acceptors (Lipinski definition) is 3. The molecule has 0 aliphatic carbocycles. The third-order valence-electron chi connectivity index (χ3n) is 2.55. The summed E-state index contributed by atoms with van der Waals surface area (Å²) in [6.07, 6.45) is 2.71. The van der Waals surface area contributed by atoms with E-state index in [0.717, 1.165) is 14.5 Å². The molecule has 1 heterocycles. The molecule has 1 aromatic carbocycles. The van der Waals surface area contributed by atoms with Gasteiger partial charge in [0.25, 0.3) is 0 Å². The number of pyridine rings is 1. The molecule has 3 nitrogen and oxygen atoms in total. The van der Waals surface area contributed by atoms with Gasteiger partial charge in [-0.05, 0) is 23.8 Å². The first kappa shape index (κ1) is 13.6. The standard InChI is InChI=1S/C12H10Br2FN3/c13-7-1-2-8(10(14)5-7)12(18-16)9-3-4-17-6-11(9)15/h1-6,12,18H,16H2. The lowest BCUT2D eigenvalue weighted by Crippen LogP contribution is -2.29. The van der Waals surface area contributed by atoms with Crippen molar-refractivity contribution in [3.05, 3.63) is 62.5 Å². The summed E-state index contributed by atoms with van der Waals surface area (Å²) < 4.78 is 15.5. The van der Waals surface area contributed by atoms with Crippen LogP contribution in [0.25, 0.3) is 0 Å². The first-order valence-corrected chi connectivity index (χ1v) is 6.72. The smallest absolute Gasteiger partial charge is 0.146 e. The SMILES string of the molecule is NNC(c1ccncc1F)c1ccc(Br)cc1Br. The van der Waals surface area contributed by atoms with Crippen LogP contribution in [0.5, 0.6) is 0 Å². The number of benzene rings is 1. The summed E-state index contributed by atoms with van der Waals surface area (Å²) in [5, 5.41) is 0. The van der Waals surface area contributed by atoms with Crippen molar-refractivity contribution in [3.8, 4) is 0 Å². The molecular weight excluding hydrogens is 365 g/mol. The van der Waals surface area contributed by atoms with E-state index in [1.54, 1.807) is 6.07 Å². The first-order chi connectivity index (χ1) is 8.63. The summed E-state index contributed by atoms with van der Waals surface area (Å²) in [6, 6.07) is 6.81. The maximum Gasteiger partial charge on any atom is 0.146 e. The average molecular weight is 375 g/mol. The Bertz CT molecular complexity index is 563. The number of rotatable bonds is 3.